The highest BCUT2D eigenvalue weighted by Crippen LogP contribution is 2.18. The molecule has 0 aromatic heterocycles. The molecule has 5 atom stereocenters. The van der Waals surface area contributed by atoms with Crippen molar-refractivity contribution in [1.29, 1.82) is 0 Å². The Hall–Kier alpha value is -0.760. The summed E-state index contributed by atoms with van der Waals surface area (Å²) < 4.78 is 131. The summed E-state index contributed by atoms with van der Waals surface area (Å²) >= 11 is 0. The highest BCUT2D eigenvalue weighted by atomic mass is 32.3. The van der Waals surface area contributed by atoms with Crippen molar-refractivity contribution >= 4 is 41.6 Å². The zero-order valence-corrected chi connectivity index (χ0v) is 18.0. The number of hydrogen-bond acceptors (Lipinski definition) is 14. The minimum atomic E-state index is -4.67. The van der Waals surface area contributed by atoms with Gasteiger partial charge in [-0.3, -0.25) is 36.4 Å². The second-order valence-corrected chi connectivity index (χ2v) is 8.09. The Labute approximate surface area is 179 Å². The Bertz CT molecular complexity index is 743. The molecule has 1 saturated heterocycles. The summed E-state index contributed by atoms with van der Waals surface area (Å²) in [4.78, 5) is 0. The van der Waals surface area contributed by atoms with E-state index in [9.17, 15) is 0 Å². The predicted molar refractivity (Wildman–Crippen MR) is 92.7 cm³/mol. The van der Waals surface area contributed by atoms with Gasteiger partial charge in [0.25, 0.3) is 0 Å². The van der Waals surface area contributed by atoms with Crippen LogP contribution < -0.4 is 0 Å². The number of rotatable bonds is 1. The van der Waals surface area contributed by atoms with Crippen LogP contribution in [0.1, 0.15) is 0 Å². The van der Waals surface area contributed by atoms with Crippen molar-refractivity contribution in [2.75, 3.05) is 6.61 Å². The van der Waals surface area contributed by atoms with E-state index in [0.29, 0.717) is 0 Å². The molecule has 0 saturated carbocycles. The number of hydrogen-bond donors (Lipinski definition) is 13. The molecule has 200 valence electrons. The maximum atomic E-state index is 9.12. The zero-order valence-electron chi connectivity index (χ0n) is 14.7. The third kappa shape index (κ3) is 51.7. The van der Waals surface area contributed by atoms with Crippen LogP contribution in [-0.4, -0.2) is 133 Å². The standard InChI is InChI=1S/C6H12O6.4H2O4S/c7-1-2-3(8)4(9)5(10)6(11)12-2;4*1-5(2,3)4/h2-11H,1H2;4*(H2,1,2,3,4)/t2-,3-,4+,5-,6+;;;;/m1..../s1. The molecule has 0 aromatic rings. The van der Waals surface area contributed by atoms with Crippen molar-refractivity contribution in [3.63, 3.8) is 0 Å². The molecule has 13 N–H and O–H groups in total. The average molecular weight is 572 g/mol. The monoisotopic (exact) mass is 572 g/mol. The van der Waals surface area contributed by atoms with E-state index in [1.807, 2.05) is 0 Å². The van der Waals surface area contributed by atoms with Gasteiger partial charge in [-0.25, -0.2) is 0 Å². The normalized spacial score (nSPS) is 25.7. The summed E-state index contributed by atoms with van der Waals surface area (Å²) in [6.45, 7) is -0.526. The maximum Gasteiger partial charge on any atom is 0.394 e. The van der Waals surface area contributed by atoms with E-state index in [0.717, 1.165) is 0 Å². The van der Waals surface area contributed by atoms with Gasteiger partial charge < -0.3 is 30.3 Å². The third-order valence-electron chi connectivity index (χ3n) is 1.87. The van der Waals surface area contributed by atoms with Gasteiger partial charge in [0.1, 0.15) is 24.4 Å². The van der Waals surface area contributed by atoms with Crippen molar-refractivity contribution < 1.29 is 100 Å². The SMILES string of the molecule is O=S(=O)(O)O.O=S(=O)(O)O.O=S(=O)(O)O.O=S(=O)(O)O.OC[C@H]1O[C@H](O)[C@H](O)[C@@H](O)[C@@H]1O. The third-order valence-corrected chi connectivity index (χ3v) is 1.87. The largest absolute Gasteiger partial charge is 0.394 e. The minimum absolute atomic E-state index is 0.526. The lowest BCUT2D eigenvalue weighted by molar-refractivity contribution is -0.286. The molecule has 26 heteroatoms. The van der Waals surface area contributed by atoms with E-state index >= 15 is 0 Å². The first-order valence-corrected chi connectivity index (χ1v) is 11.9. The van der Waals surface area contributed by atoms with E-state index in [-0.39, 0.29) is 0 Å². The second-order valence-electron chi connectivity index (χ2n) is 4.51. The molecule has 32 heavy (non-hydrogen) atoms. The van der Waals surface area contributed by atoms with Crippen molar-refractivity contribution in [3.05, 3.63) is 0 Å². The molecular weight excluding hydrogens is 552 g/mol. The molecular formula is C6H20O22S4. The molecule has 1 aliphatic rings. The molecule has 0 aliphatic carbocycles. The first kappa shape index (κ1) is 38.5. The lowest BCUT2D eigenvalue weighted by Crippen LogP contribution is -2.58. The predicted octanol–water partition coefficient (Wildman–Crippen LogP) is -5.83. The van der Waals surface area contributed by atoms with E-state index in [4.69, 9.17) is 95.6 Å². The van der Waals surface area contributed by atoms with Crippen LogP contribution in [0.5, 0.6) is 0 Å². The lowest BCUT2D eigenvalue weighted by atomic mass is 10.00. The van der Waals surface area contributed by atoms with Gasteiger partial charge >= 0.3 is 41.6 Å². The number of aliphatic hydroxyl groups is 5. The van der Waals surface area contributed by atoms with Crippen LogP contribution in [-0.2, 0) is 46.3 Å². The van der Waals surface area contributed by atoms with Crippen LogP contribution in [0, 0.1) is 0 Å². The Morgan fingerprint density at radius 3 is 0.906 bits per heavy atom. The molecule has 0 aromatic carbocycles. The van der Waals surface area contributed by atoms with E-state index in [2.05, 4.69) is 4.74 Å². The van der Waals surface area contributed by atoms with Crippen molar-refractivity contribution in [2.24, 2.45) is 0 Å². The fourth-order valence-corrected chi connectivity index (χ4v) is 1.08. The van der Waals surface area contributed by atoms with Gasteiger partial charge in [-0.1, -0.05) is 0 Å². The minimum Gasteiger partial charge on any atom is -0.394 e. The molecule has 0 spiro atoms. The average Bonchev–Trinajstić information content (AvgIpc) is 2.42. The zero-order chi connectivity index (χ0) is 27.3. The topological polar surface area (TPSA) is 409 Å². The van der Waals surface area contributed by atoms with Gasteiger partial charge in [-0.05, 0) is 0 Å². The van der Waals surface area contributed by atoms with Crippen molar-refractivity contribution in [3.8, 4) is 0 Å². The van der Waals surface area contributed by atoms with Crippen molar-refractivity contribution in [1.82, 2.24) is 0 Å². The van der Waals surface area contributed by atoms with Crippen LogP contribution in [0.2, 0.25) is 0 Å². The van der Waals surface area contributed by atoms with Crippen LogP contribution in [0.25, 0.3) is 0 Å². The van der Waals surface area contributed by atoms with Gasteiger partial charge in [0.15, 0.2) is 6.29 Å². The summed E-state index contributed by atoms with van der Waals surface area (Å²) in [5.74, 6) is 0. The number of aliphatic hydroxyl groups excluding tert-OH is 5. The molecule has 22 nitrogen and oxygen atoms in total. The summed E-state index contributed by atoms with van der Waals surface area (Å²) in [5.41, 5.74) is 0. The first-order valence-electron chi connectivity index (χ1n) is 6.36. The Kier molecular flexibility index (Phi) is 19.2. The van der Waals surface area contributed by atoms with Crippen LogP contribution in [0.4, 0.5) is 0 Å². The van der Waals surface area contributed by atoms with Crippen LogP contribution in [0.3, 0.4) is 0 Å². The fourth-order valence-electron chi connectivity index (χ4n) is 1.08. The van der Waals surface area contributed by atoms with Crippen LogP contribution in [0.15, 0.2) is 0 Å². The second kappa shape index (κ2) is 16.0. The van der Waals surface area contributed by atoms with Gasteiger partial charge in [0.05, 0.1) is 6.61 Å². The summed E-state index contributed by atoms with van der Waals surface area (Å²) in [5, 5.41) is 44.7. The summed E-state index contributed by atoms with van der Waals surface area (Å²) in [6, 6.07) is 0. The Morgan fingerprint density at radius 1 is 0.500 bits per heavy atom. The van der Waals surface area contributed by atoms with Crippen molar-refractivity contribution in [2.45, 2.75) is 30.7 Å². The lowest BCUT2D eigenvalue weighted by Gasteiger charge is -2.37. The first-order chi connectivity index (χ1) is 13.6. The van der Waals surface area contributed by atoms with E-state index < -0.39 is 78.9 Å². The molecule has 1 heterocycles. The highest BCUT2D eigenvalue weighted by molar-refractivity contribution is 7.80. The van der Waals surface area contributed by atoms with Gasteiger partial charge in [0.2, 0.25) is 0 Å². The molecule has 1 rings (SSSR count). The quantitative estimate of drug-likeness (QED) is 0.130. The Balaban J connectivity index is -0.000000167. The van der Waals surface area contributed by atoms with Gasteiger partial charge in [-0.2, -0.15) is 33.7 Å². The van der Waals surface area contributed by atoms with Gasteiger partial charge in [-0.15, -0.1) is 0 Å². The fraction of sp³-hybridized carbons (Fsp3) is 1.00. The Morgan fingerprint density at radius 2 is 0.719 bits per heavy atom. The smallest absolute Gasteiger partial charge is 0.394 e. The summed E-state index contributed by atoms with van der Waals surface area (Å²) in [6.07, 6.45) is -7.04. The van der Waals surface area contributed by atoms with Gasteiger partial charge in [0, 0.05) is 0 Å². The molecule has 0 radical (unpaired) electrons. The molecule has 1 fully saturated rings. The maximum absolute atomic E-state index is 9.12. The van der Waals surface area contributed by atoms with E-state index in [1.54, 1.807) is 0 Å². The molecule has 0 amide bonds. The highest BCUT2D eigenvalue weighted by Gasteiger charge is 2.42. The summed E-state index contributed by atoms with van der Waals surface area (Å²) in [7, 11) is -18.7. The number of ether oxygens (including phenoxy) is 1. The molecule has 0 unspecified atom stereocenters. The van der Waals surface area contributed by atoms with Crippen LogP contribution >= 0.6 is 0 Å². The van der Waals surface area contributed by atoms with E-state index in [1.165, 1.54) is 0 Å². The molecule has 0 bridgehead atoms. The molecule has 1 aliphatic heterocycles.